The molecule has 0 unspecified atom stereocenters. The number of hydrogen-bond acceptors (Lipinski definition) is 3. The van der Waals surface area contributed by atoms with Gasteiger partial charge < -0.3 is 15.8 Å². The maximum absolute atomic E-state index is 7.43. The second kappa shape index (κ2) is 7.04. The Balaban J connectivity index is 2.44. The summed E-state index contributed by atoms with van der Waals surface area (Å²) < 4.78 is 6.31. The summed E-state index contributed by atoms with van der Waals surface area (Å²) in [6.45, 7) is 0.586. The van der Waals surface area contributed by atoms with E-state index in [9.17, 15) is 0 Å². The molecule has 0 saturated heterocycles. The lowest BCUT2D eigenvalue weighted by molar-refractivity contribution is 0.411. The summed E-state index contributed by atoms with van der Waals surface area (Å²) in [5, 5.41) is 19.6. The molecular weight excluding hydrogens is 345 g/mol. The lowest BCUT2D eigenvalue weighted by Crippen LogP contribution is -2.43. The molecule has 1 aromatic rings. The van der Waals surface area contributed by atoms with Gasteiger partial charge >= 0.3 is 0 Å². The molecule has 0 spiro atoms. The number of benzene rings is 1. The molecule has 6 nitrogen and oxygen atoms in total. The van der Waals surface area contributed by atoms with Gasteiger partial charge in [-0.1, -0.05) is 6.07 Å². The first-order chi connectivity index (χ1) is 8.52. The largest absolute Gasteiger partial charge is 0.496 e. The summed E-state index contributed by atoms with van der Waals surface area (Å²) in [6, 6.07) is 5.99. The van der Waals surface area contributed by atoms with Crippen LogP contribution >= 0.6 is 22.6 Å². The Morgan fingerprint density at radius 2 is 2.17 bits per heavy atom. The standard InChI is InChI=1S/C11H16IN5O/c1-18-9-6-7(2-3-8(9)12)4-5-16-11(15)17-10(13)14/h2-3,6H,4-5H2,1H3,(H6,13,14,15,16,17). The van der Waals surface area contributed by atoms with Gasteiger partial charge in [-0.25, -0.2) is 0 Å². The van der Waals surface area contributed by atoms with E-state index in [0.29, 0.717) is 6.54 Å². The van der Waals surface area contributed by atoms with Crippen LogP contribution in [0.4, 0.5) is 0 Å². The predicted octanol–water partition coefficient (Wildman–Crippen LogP) is 0.850. The Hall–Kier alpha value is -1.51. The SMILES string of the molecule is COc1cc(CCNC(=N)NC(=N)N)ccc1I. The van der Waals surface area contributed by atoms with E-state index in [4.69, 9.17) is 21.3 Å². The first kappa shape index (κ1) is 14.6. The molecule has 0 heterocycles. The fourth-order valence-corrected chi connectivity index (χ4v) is 1.93. The van der Waals surface area contributed by atoms with Crippen molar-refractivity contribution in [3.63, 3.8) is 0 Å². The van der Waals surface area contributed by atoms with Gasteiger partial charge in [-0.05, 0) is 46.7 Å². The Morgan fingerprint density at radius 3 is 2.78 bits per heavy atom. The van der Waals surface area contributed by atoms with Gasteiger partial charge in [0, 0.05) is 6.54 Å². The van der Waals surface area contributed by atoms with Crippen molar-refractivity contribution in [1.82, 2.24) is 10.6 Å². The monoisotopic (exact) mass is 361 g/mol. The molecule has 0 radical (unpaired) electrons. The maximum Gasteiger partial charge on any atom is 0.195 e. The van der Waals surface area contributed by atoms with Crippen LogP contribution in [0.25, 0.3) is 0 Å². The first-order valence-electron chi connectivity index (χ1n) is 5.29. The molecule has 0 aliphatic rings. The molecule has 18 heavy (non-hydrogen) atoms. The van der Waals surface area contributed by atoms with Gasteiger partial charge in [0.2, 0.25) is 0 Å². The quantitative estimate of drug-likeness (QED) is 0.311. The molecule has 0 amide bonds. The van der Waals surface area contributed by atoms with Gasteiger partial charge in [-0.2, -0.15) is 0 Å². The highest BCUT2D eigenvalue weighted by atomic mass is 127. The zero-order chi connectivity index (χ0) is 13.5. The Kier molecular flexibility index (Phi) is 5.69. The Morgan fingerprint density at radius 1 is 1.44 bits per heavy atom. The van der Waals surface area contributed by atoms with Crippen molar-refractivity contribution in [2.75, 3.05) is 13.7 Å². The molecule has 0 saturated carbocycles. The highest BCUT2D eigenvalue weighted by Gasteiger charge is 2.02. The number of hydrogen-bond donors (Lipinski definition) is 5. The van der Waals surface area contributed by atoms with Crippen LogP contribution < -0.4 is 21.1 Å². The van der Waals surface area contributed by atoms with E-state index < -0.39 is 0 Å². The highest BCUT2D eigenvalue weighted by Crippen LogP contribution is 2.21. The second-order valence-corrected chi connectivity index (χ2v) is 4.72. The number of methoxy groups -OCH3 is 1. The van der Waals surface area contributed by atoms with Gasteiger partial charge in [0.05, 0.1) is 10.7 Å². The average molecular weight is 361 g/mol. The summed E-state index contributed by atoms with van der Waals surface area (Å²) in [4.78, 5) is 0. The normalized spacial score (nSPS) is 9.67. The summed E-state index contributed by atoms with van der Waals surface area (Å²) in [5.74, 6) is 0.633. The molecule has 0 atom stereocenters. The Labute approximate surface area is 119 Å². The van der Waals surface area contributed by atoms with E-state index in [0.717, 1.165) is 21.3 Å². The van der Waals surface area contributed by atoms with Crippen molar-refractivity contribution in [2.24, 2.45) is 5.73 Å². The first-order valence-corrected chi connectivity index (χ1v) is 6.36. The molecule has 0 aliphatic heterocycles. The van der Waals surface area contributed by atoms with Crippen molar-refractivity contribution < 1.29 is 4.74 Å². The maximum atomic E-state index is 7.43. The minimum atomic E-state index is -0.247. The number of nitrogens with two attached hydrogens (primary N) is 1. The summed E-state index contributed by atoms with van der Waals surface area (Å²) in [6.07, 6.45) is 0.759. The van der Waals surface area contributed by atoms with Gasteiger partial charge in [0.15, 0.2) is 11.9 Å². The topological polar surface area (TPSA) is 107 Å². The van der Waals surface area contributed by atoms with E-state index in [2.05, 4.69) is 33.2 Å². The molecule has 1 rings (SSSR count). The minimum Gasteiger partial charge on any atom is -0.496 e. The third kappa shape index (κ3) is 4.78. The van der Waals surface area contributed by atoms with Crippen molar-refractivity contribution >= 4 is 34.5 Å². The van der Waals surface area contributed by atoms with E-state index in [-0.39, 0.29) is 11.9 Å². The molecule has 0 aliphatic carbocycles. The van der Waals surface area contributed by atoms with E-state index in [1.165, 1.54) is 0 Å². The van der Waals surface area contributed by atoms with Crippen LogP contribution in [0, 0.1) is 14.4 Å². The van der Waals surface area contributed by atoms with Crippen LogP contribution in [0.1, 0.15) is 5.56 Å². The fraction of sp³-hybridized carbons (Fsp3) is 0.273. The van der Waals surface area contributed by atoms with Crippen molar-refractivity contribution in [3.05, 3.63) is 27.3 Å². The van der Waals surface area contributed by atoms with Gasteiger partial charge in [-0.3, -0.25) is 16.1 Å². The van der Waals surface area contributed by atoms with Crippen LogP contribution in [0.2, 0.25) is 0 Å². The number of ether oxygens (including phenoxy) is 1. The lowest BCUT2D eigenvalue weighted by Gasteiger charge is -2.10. The van der Waals surface area contributed by atoms with E-state index in [1.807, 2.05) is 18.2 Å². The van der Waals surface area contributed by atoms with Crippen LogP contribution in [0.15, 0.2) is 18.2 Å². The fourth-order valence-electron chi connectivity index (χ4n) is 1.37. The molecule has 0 bridgehead atoms. The smallest absolute Gasteiger partial charge is 0.195 e. The Bertz CT molecular complexity index is 449. The highest BCUT2D eigenvalue weighted by molar-refractivity contribution is 14.1. The van der Waals surface area contributed by atoms with E-state index >= 15 is 0 Å². The van der Waals surface area contributed by atoms with Gasteiger partial charge in [0.1, 0.15) is 5.75 Å². The summed E-state index contributed by atoms with van der Waals surface area (Å²) in [5.41, 5.74) is 6.23. The van der Waals surface area contributed by atoms with Gasteiger partial charge in [0.25, 0.3) is 0 Å². The third-order valence-corrected chi connectivity index (χ3v) is 3.08. The lowest BCUT2D eigenvalue weighted by atomic mass is 10.1. The summed E-state index contributed by atoms with van der Waals surface area (Å²) in [7, 11) is 1.64. The number of rotatable bonds is 4. The summed E-state index contributed by atoms with van der Waals surface area (Å²) >= 11 is 2.22. The van der Waals surface area contributed by atoms with Crippen LogP contribution in [-0.4, -0.2) is 25.6 Å². The van der Waals surface area contributed by atoms with Crippen LogP contribution in [0.5, 0.6) is 5.75 Å². The second-order valence-electron chi connectivity index (χ2n) is 3.56. The molecular formula is C11H16IN5O. The number of halogens is 1. The molecule has 6 N–H and O–H groups in total. The van der Waals surface area contributed by atoms with Crippen LogP contribution in [0.3, 0.4) is 0 Å². The predicted molar refractivity (Wildman–Crippen MR) is 80.2 cm³/mol. The number of guanidine groups is 2. The zero-order valence-electron chi connectivity index (χ0n) is 10.0. The van der Waals surface area contributed by atoms with Crippen molar-refractivity contribution in [2.45, 2.75) is 6.42 Å². The van der Waals surface area contributed by atoms with Gasteiger partial charge in [-0.15, -0.1) is 0 Å². The van der Waals surface area contributed by atoms with Crippen molar-refractivity contribution in [1.29, 1.82) is 10.8 Å². The minimum absolute atomic E-state index is 0.0278. The van der Waals surface area contributed by atoms with E-state index in [1.54, 1.807) is 7.11 Å². The molecule has 98 valence electrons. The average Bonchev–Trinajstić information content (AvgIpc) is 2.30. The molecule has 0 fully saturated rings. The van der Waals surface area contributed by atoms with Crippen molar-refractivity contribution in [3.8, 4) is 5.75 Å². The molecule has 7 heteroatoms. The van der Waals surface area contributed by atoms with Crippen LogP contribution in [-0.2, 0) is 6.42 Å². The zero-order valence-corrected chi connectivity index (χ0v) is 12.2. The molecule has 0 aromatic heterocycles. The molecule has 1 aromatic carbocycles. The third-order valence-electron chi connectivity index (χ3n) is 2.19. The number of nitrogens with one attached hydrogen (secondary N) is 4.